The van der Waals surface area contributed by atoms with Gasteiger partial charge in [-0.25, -0.2) is 8.42 Å². The van der Waals surface area contributed by atoms with Gasteiger partial charge in [0.1, 0.15) is 0 Å². The highest BCUT2D eigenvalue weighted by Gasteiger charge is 2.21. The minimum absolute atomic E-state index is 0.197. The largest absolute Gasteiger partial charge is 0.322 e. The summed E-state index contributed by atoms with van der Waals surface area (Å²) in [5, 5.41) is 2.90. The second-order valence-electron chi connectivity index (χ2n) is 6.54. The van der Waals surface area contributed by atoms with Crippen LogP contribution in [0.1, 0.15) is 21.5 Å². The minimum atomic E-state index is -3.70. The predicted octanol–water partition coefficient (Wildman–Crippen LogP) is 4.38. The molecule has 0 bridgehead atoms. The molecule has 144 valence electrons. The molecule has 3 aromatic rings. The Labute approximate surface area is 165 Å². The maximum absolute atomic E-state index is 12.8. The lowest BCUT2D eigenvalue weighted by atomic mass is 10.1. The van der Waals surface area contributed by atoms with E-state index in [9.17, 15) is 13.2 Å². The molecular formula is C22H22N2O3S. The van der Waals surface area contributed by atoms with E-state index >= 15 is 0 Å². The van der Waals surface area contributed by atoms with Crippen LogP contribution in [-0.2, 0) is 10.0 Å². The fourth-order valence-electron chi connectivity index (χ4n) is 2.81. The SMILES string of the molecule is Cc1cccc(NC(=O)c2cccc(N(C)S(=O)(=O)c3ccccc3)c2)c1C. The van der Waals surface area contributed by atoms with Gasteiger partial charge in [0.2, 0.25) is 0 Å². The molecule has 0 fully saturated rings. The molecule has 0 heterocycles. The lowest BCUT2D eigenvalue weighted by Gasteiger charge is -2.20. The molecule has 5 nitrogen and oxygen atoms in total. The van der Waals surface area contributed by atoms with Gasteiger partial charge in [0.25, 0.3) is 15.9 Å². The lowest BCUT2D eigenvalue weighted by molar-refractivity contribution is 0.102. The Morgan fingerprint density at radius 2 is 1.57 bits per heavy atom. The monoisotopic (exact) mass is 394 g/mol. The van der Waals surface area contributed by atoms with Gasteiger partial charge in [-0.2, -0.15) is 0 Å². The normalized spacial score (nSPS) is 11.1. The molecule has 0 saturated heterocycles. The fraction of sp³-hybridized carbons (Fsp3) is 0.136. The summed E-state index contributed by atoms with van der Waals surface area (Å²) in [7, 11) is -2.23. The molecule has 0 aromatic heterocycles. The number of carbonyl (C=O) groups excluding carboxylic acids is 1. The molecule has 3 aromatic carbocycles. The van der Waals surface area contributed by atoms with Crippen molar-refractivity contribution in [1.82, 2.24) is 0 Å². The first kappa shape index (κ1) is 19.6. The van der Waals surface area contributed by atoms with E-state index in [1.165, 1.54) is 11.4 Å². The van der Waals surface area contributed by atoms with Crippen molar-refractivity contribution in [3.8, 4) is 0 Å². The molecule has 0 radical (unpaired) electrons. The highest BCUT2D eigenvalue weighted by atomic mass is 32.2. The van der Waals surface area contributed by atoms with Crippen molar-refractivity contribution in [2.24, 2.45) is 0 Å². The van der Waals surface area contributed by atoms with E-state index in [1.54, 1.807) is 54.6 Å². The second kappa shape index (κ2) is 7.86. The van der Waals surface area contributed by atoms with Gasteiger partial charge in [0, 0.05) is 18.3 Å². The molecular weight excluding hydrogens is 372 g/mol. The van der Waals surface area contributed by atoms with Crippen LogP contribution in [0.5, 0.6) is 0 Å². The Kier molecular flexibility index (Phi) is 5.51. The van der Waals surface area contributed by atoms with Gasteiger partial charge in [-0.05, 0) is 61.4 Å². The predicted molar refractivity (Wildman–Crippen MR) is 112 cm³/mol. The van der Waals surface area contributed by atoms with E-state index in [4.69, 9.17) is 0 Å². The lowest BCUT2D eigenvalue weighted by Crippen LogP contribution is -2.26. The van der Waals surface area contributed by atoms with E-state index in [0.29, 0.717) is 11.3 Å². The quantitative estimate of drug-likeness (QED) is 0.698. The Morgan fingerprint density at radius 3 is 2.29 bits per heavy atom. The van der Waals surface area contributed by atoms with Crippen LogP contribution in [0.2, 0.25) is 0 Å². The Morgan fingerprint density at radius 1 is 0.893 bits per heavy atom. The molecule has 0 aliphatic carbocycles. The highest BCUT2D eigenvalue weighted by Crippen LogP contribution is 2.24. The van der Waals surface area contributed by atoms with Crippen LogP contribution in [0.25, 0.3) is 0 Å². The van der Waals surface area contributed by atoms with E-state index in [0.717, 1.165) is 16.8 Å². The van der Waals surface area contributed by atoms with E-state index in [2.05, 4.69) is 5.32 Å². The molecule has 0 saturated carbocycles. The zero-order valence-electron chi connectivity index (χ0n) is 16.0. The van der Waals surface area contributed by atoms with Crippen LogP contribution in [-0.4, -0.2) is 21.4 Å². The third kappa shape index (κ3) is 3.92. The Bertz CT molecular complexity index is 1110. The summed E-state index contributed by atoms with van der Waals surface area (Å²) in [6.07, 6.45) is 0. The molecule has 0 unspecified atom stereocenters. The van der Waals surface area contributed by atoms with Crippen LogP contribution in [0.4, 0.5) is 11.4 Å². The van der Waals surface area contributed by atoms with Crippen molar-refractivity contribution in [3.63, 3.8) is 0 Å². The zero-order chi connectivity index (χ0) is 20.3. The summed E-state index contributed by atoms with van der Waals surface area (Å²) in [6, 6.07) is 20.5. The average Bonchev–Trinajstić information content (AvgIpc) is 2.71. The molecule has 3 rings (SSSR count). The summed E-state index contributed by atoms with van der Waals surface area (Å²) >= 11 is 0. The maximum Gasteiger partial charge on any atom is 0.264 e. The van der Waals surface area contributed by atoms with Gasteiger partial charge >= 0.3 is 0 Å². The van der Waals surface area contributed by atoms with Gasteiger partial charge in [0.05, 0.1) is 10.6 Å². The van der Waals surface area contributed by atoms with Gasteiger partial charge < -0.3 is 5.32 Å². The number of sulfonamides is 1. The number of rotatable bonds is 5. The molecule has 0 aliphatic heterocycles. The minimum Gasteiger partial charge on any atom is -0.322 e. The summed E-state index contributed by atoms with van der Waals surface area (Å²) in [5.74, 6) is -0.291. The molecule has 0 spiro atoms. The molecule has 0 atom stereocenters. The van der Waals surface area contributed by atoms with Gasteiger partial charge in [0.15, 0.2) is 0 Å². The number of nitrogens with one attached hydrogen (secondary N) is 1. The van der Waals surface area contributed by atoms with E-state index in [1.807, 2.05) is 32.0 Å². The summed E-state index contributed by atoms with van der Waals surface area (Å²) in [4.78, 5) is 12.9. The first-order valence-electron chi connectivity index (χ1n) is 8.82. The highest BCUT2D eigenvalue weighted by molar-refractivity contribution is 7.92. The standard InChI is InChI=1S/C22H22N2O3S/c1-16-9-7-14-21(17(16)2)23-22(25)18-10-8-11-19(15-18)24(3)28(26,27)20-12-5-4-6-13-20/h4-15H,1-3H3,(H,23,25). The van der Waals surface area contributed by atoms with Crippen molar-refractivity contribution in [2.45, 2.75) is 18.7 Å². The average molecular weight is 394 g/mol. The molecule has 0 aliphatic rings. The third-order valence-electron chi connectivity index (χ3n) is 4.73. The first-order chi connectivity index (χ1) is 13.3. The second-order valence-corrected chi connectivity index (χ2v) is 8.51. The molecule has 6 heteroatoms. The number of nitrogens with zero attached hydrogens (tertiary/aromatic N) is 1. The molecule has 1 amide bonds. The topological polar surface area (TPSA) is 66.5 Å². The van der Waals surface area contributed by atoms with E-state index < -0.39 is 10.0 Å². The van der Waals surface area contributed by atoms with E-state index in [-0.39, 0.29) is 10.8 Å². The summed E-state index contributed by atoms with van der Waals surface area (Å²) in [6.45, 7) is 3.93. The number of hydrogen-bond acceptors (Lipinski definition) is 3. The maximum atomic E-state index is 12.8. The van der Waals surface area contributed by atoms with Crippen molar-refractivity contribution < 1.29 is 13.2 Å². The Hall–Kier alpha value is -3.12. The molecule has 28 heavy (non-hydrogen) atoms. The van der Waals surface area contributed by atoms with Crippen LogP contribution in [0, 0.1) is 13.8 Å². The zero-order valence-corrected chi connectivity index (χ0v) is 16.8. The Balaban J connectivity index is 1.88. The van der Waals surface area contributed by atoms with Crippen LogP contribution >= 0.6 is 0 Å². The van der Waals surface area contributed by atoms with Crippen LogP contribution < -0.4 is 9.62 Å². The number of anilines is 2. The van der Waals surface area contributed by atoms with Gasteiger partial charge in [-0.1, -0.05) is 36.4 Å². The summed E-state index contributed by atoms with van der Waals surface area (Å²) < 4.78 is 26.8. The number of hydrogen-bond donors (Lipinski definition) is 1. The van der Waals surface area contributed by atoms with Crippen LogP contribution in [0.15, 0.2) is 77.7 Å². The molecule has 1 N–H and O–H groups in total. The summed E-state index contributed by atoms with van der Waals surface area (Å²) in [5.41, 5.74) is 3.61. The van der Waals surface area contributed by atoms with Gasteiger partial charge in [-0.15, -0.1) is 0 Å². The number of amides is 1. The smallest absolute Gasteiger partial charge is 0.264 e. The van der Waals surface area contributed by atoms with Gasteiger partial charge in [-0.3, -0.25) is 9.10 Å². The van der Waals surface area contributed by atoms with Crippen molar-refractivity contribution >= 4 is 27.3 Å². The third-order valence-corrected chi connectivity index (χ3v) is 6.53. The van der Waals surface area contributed by atoms with Crippen molar-refractivity contribution in [3.05, 3.63) is 89.5 Å². The van der Waals surface area contributed by atoms with Crippen molar-refractivity contribution in [1.29, 1.82) is 0 Å². The van der Waals surface area contributed by atoms with Crippen LogP contribution in [0.3, 0.4) is 0 Å². The number of benzene rings is 3. The first-order valence-corrected chi connectivity index (χ1v) is 10.3. The fourth-order valence-corrected chi connectivity index (χ4v) is 4.02. The number of aryl methyl sites for hydroxylation is 1. The van der Waals surface area contributed by atoms with Crippen molar-refractivity contribution in [2.75, 3.05) is 16.7 Å². The number of carbonyl (C=O) groups is 1.